The van der Waals surface area contributed by atoms with E-state index in [4.69, 9.17) is 0 Å². The standard InChI is InChI=1S/C24H21FN2O/c1-17-6-10-19(11-7-17)24-22-5-3-2-4-21(22)23(28)27(24)15-14-26(24)16-18-8-12-20(25)13-9-18/h2-13H,14-16H2,1H3. The molecule has 5 rings (SSSR count). The van der Waals surface area contributed by atoms with Crippen molar-refractivity contribution in [2.75, 3.05) is 13.1 Å². The number of benzene rings is 3. The number of halogens is 1. The predicted molar refractivity (Wildman–Crippen MR) is 106 cm³/mol. The van der Waals surface area contributed by atoms with Gasteiger partial charge in [0.2, 0.25) is 0 Å². The quantitative estimate of drug-likeness (QED) is 0.684. The highest BCUT2D eigenvalue weighted by Gasteiger charge is 2.57. The van der Waals surface area contributed by atoms with E-state index in [0.717, 1.165) is 28.8 Å². The molecule has 1 unspecified atom stereocenters. The molecule has 2 heterocycles. The average Bonchev–Trinajstić information content (AvgIpc) is 3.20. The molecule has 3 aromatic carbocycles. The number of nitrogens with zero attached hydrogens (tertiary/aromatic N) is 2. The molecular weight excluding hydrogens is 351 g/mol. The lowest BCUT2D eigenvalue weighted by Crippen LogP contribution is -2.48. The van der Waals surface area contributed by atoms with Crippen molar-refractivity contribution in [1.82, 2.24) is 9.80 Å². The number of carbonyl (C=O) groups is 1. The van der Waals surface area contributed by atoms with Crippen LogP contribution in [0.25, 0.3) is 0 Å². The molecule has 0 radical (unpaired) electrons. The van der Waals surface area contributed by atoms with Crippen molar-refractivity contribution >= 4 is 5.91 Å². The summed E-state index contributed by atoms with van der Waals surface area (Å²) in [6.07, 6.45) is 0. The Hall–Kier alpha value is -2.98. The zero-order valence-electron chi connectivity index (χ0n) is 15.7. The van der Waals surface area contributed by atoms with Gasteiger partial charge in [-0.3, -0.25) is 9.69 Å². The van der Waals surface area contributed by atoms with E-state index in [2.05, 4.69) is 42.2 Å². The molecule has 0 aromatic heterocycles. The second-order valence-corrected chi connectivity index (χ2v) is 7.59. The Morgan fingerprint density at radius 2 is 1.64 bits per heavy atom. The van der Waals surface area contributed by atoms with Crippen LogP contribution in [0.15, 0.2) is 72.8 Å². The molecule has 28 heavy (non-hydrogen) atoms. The molecule has 0 aliphatic carbocycles. The van der Waals surface area contributed by atoms with Crippen LogP contribution in [0.3, 0.4) is 0 Å². The number of amides is 1. The van der Waals surface area contributed by atoms with Gasteiger partial charge in [0.15, 0.2) is 0 Å². The Balaban J connectivity index is 1.69. The molecule has 140 valence electrons. The molecule has 1 saturated heterocycles. The van der Waals surface area contributed by atoms with E-state index < -0.39 is 5.66 Å². The fraction of sp³-hybridized carbons (Fsp3) is 0.208. The topological polar surface area (TPSA) is 23.6 Å². The fourth-order valence-corrected chi connectivity index (χ4v) is 4.68. The summed E-state index contributed by atoms with van der Waals surface area (Å²) in [5.41, 5.74) is 4.50. The van der Waals surface area contributed by atoms with E-state index in [1.165, 1.54) is 17.7 Å². The van der Waals surface area contributed by atoms with Crippen LogP contribution in [0.1, 0.15) is 32.6 Å². The van der Waals surface area contributed by atoms with Gasteiger partial charge in [-0.2, -0.15) is 0 Å². The number of hydrogen-bond acceptors (Lipinski definition) is 2. The lowest BCUT2D eigenvalue weighted by molar-refractivity contribution is 0.0429. The first-order valence-electron chi connectivity index (χ1n) is 9.59. The zero-order valence-corrected chi connectivity index (χ0v) is 15.7. The SMILES string of the molecule is Cc1ccc(C23c4ccccc4C(=O)N2CCN3Cc2ccc(F)cc2)cc1. The van der Waals surface area contributed by atoms with Crippen molar-refractivity contribution in [2.45, 2.75) is 19.1 Å². The van der Waals surface area contributed by atoms with Crippen LogP contribution in [0.4, 0.5) is 4.39 Å². The van der Waals surface area contributed by atoms with Crippen molar-refractivity contribution in [3.63, 3.8) is 0 Å². The summed E-state index contributed by atoms with van der Waals surface area (Å²) in [6, 6.07) is 23.0. The summed E-state index contributed by atoms with van der Waals surface area (Å²) in [5, 5.41) is 0. The summed E-state index contributed by atoms with van der Waals surface area (Å²) < 4.78 is 13.4. The van der Waals surface area contributed by atoms with Gasteiger partial charge in [-0.25, -0.2) is 4.39 Å². The Kier molecular flexibility index (Phi) is 3.84. The molecule has 3 aromatic rings. The highest BCUT2D eigenvalue weighted by atomic mass is 19.1. The Morgan fingerprint density at radius 1 is 0.929 bits per heavy atom. The molecule has 0 bridgehead atoms. The van der Waals surface area contributed by atoms with Gasteiger partial charge in [-0.05, 0) is 36.2 Å². The number of rotatable bonds is 3. The average molecular weight is 372 g/mol. The van der Waals surface area contributed by atoms with E-state index in [-0.39, 0.29) is 11.7 Å². The van der Waals surface area contributed by atoms with Crippen molar-refractivity contribution in [3.05, 3.63) is 106 Å². The van der Waals surface area contributed by atoms with Crippen molar-refractivity contribution < 1.29 is 9.18 Å². The molecule has 0 saturated carbocycles. The maximum atomic E-state index is 13.4. The number of aryl methyl sites for hydroxylation is 1. The van der Waals surface area contributed by atoms with Crippen molar-refractivity contribution in [2.24, 2.45) is 0 Å². The lowest BCUT2D eigenvalue weighted by atomic mass is 9.89. The molecule has 0 N–H and O–H groups in total. The summed E-state index contributed by atoms with van der Waals surface area (Å²) in [4.78, 5) is 17.5. The van der Waals surface area contributed by atoms with Crippen LogP contribution >= 0.6 is 0 Å². The number of hydrogen-bond donors (Lipinski definition) is 0. The highest BCUT2D eigenvalue weighted by molar-refractivity contribution is 6.01. The van der Waals surface area contributed by atoms with Crippen molar-refractivity contribution in [1.29, 1.82) is 0 Å². The second kappa shape index (κ2) is 6.28. The summed E-state index contributed by atoms with van der Waals surface area (Å²) in [6.45, 7) is 4.15. The third-order valence-corrected chi connectivity index (χ3v) is 5.96. The van der Waals surface area contributed by atoms with Gasteiger partial charge >= 0.3 is 0 Å². The van der Waals surface area contributed by atoms with E-state index >= 15 is 0 Å². The van der Waals surface area contributed by atoms with Gasteiger partial charge in [-0.1, -0.05) is 60.2 Å². The lowest BCUT2D eigenvalue weighted by Gasteiger charge is -2.40. The molecule has 1 fully saturated rings. The van der Waals surface area contributed by atoms with E-state index in [1.54, 1.807) is 0 Å². The Bertz CT molecular complexity index is 1040. The van der Waals surface area contributed by atoms with Crippen LogP contribution in [-0.2, 0) is 12.2 Å². The molecule has 3 nitrogen and oxygen atoms in total. The van der Waals surface area contributed by atoms with Gasteiger partial charge in [0.25, 0.3) is 5.91 Å². The Labute approximate surface area is 164 Å². The normalized spacial score (nSPS) is 21.1. The van der Waals surface area contributed by atoms with Crippen LogP contribution in [0.5, 0.6) is 0 Å². The van der Waals surface area contributed by atoms with E-state index in [0.29, 0.717) is 13.1 Å². The maximum absolute atomic E-state index is 13.4. The maximum Gasteiger partial charge on any atom is 0.256 e. The van der Waals surface area contributed by atoms with Gasteiger partial charge in [0.05, 0.1) is 0 Å². The molecule has 2 aliphatic rings. The Morgan fingerprint density at radius 3 is 2.39 bits per heavy atom. The van der Waals surface area contributed by atoms with Crippen LogP contribution in [0.2, 0.25) is 0 Å². The van der Waals surface area contributed by atoms with E-state index in [9.17, 15) is 9.18 Å². The summed E-state index contributed by atoms with van der Waals surface area (Å²) in [5.74, 6) is -0.154. The van der Waals surface area contributed by atoms with Gasteiger partial charge in [0.1, 0.15) is 11.5 Å². The van der Waals surface area contributed by atoms with Gasteiger partial charge in [0, 0.05) is 30.8 Å². The third-order valence-electron chi connectivity index (χ3n) is 5.96. The van der Waals surface area contributed by atoms with Gasteiger partial charge in [-0.15, -0.1) is 0 Å². The van der Waals surface area contributed by atoms with Crippen molar-refractivity contribution in [3.8, 4) is 0 Å². The largest absolute Gasteiger partial charge is 0.311 e. The molecule has 1 atom stereocenters. The smallest absolute Gasteiger partial charge is 0.256 e. The third kappa shape index (κ3) is 2.34. The van der Waals surface area contributed by atoms with Crippen LogP contribution in [-0.4, -0.2) is 28.8 Å². The molecule has 4 heteroatoms. The minimum atomic E-state index is -0.615. The predicted octanol–water partition coefficient (Wildman–Crippen LogP) is 4.31. The fourth-order valence-electron chi connectivity index (χ4n) is 4.68. The number of fused-ring (bicyclic) bond motifs is 3. The van der Waals surface area contributed by atoms with Gasteiger partial charge < -0.3 is 4.90 Å². The summed E-state index contributed by atoms with van der Waals surface area (Å²) in [7, 11) is 0. The molecule has 2 aliphatic heterocycles. The monoisotopic (exact) mass is 372 g/mol. The minimum absolute atomic E-state index is 0.0813. The van der Waals surface area contributed by atoms with E-state index in [1.807, 2.05) is 35.2 Å². The first-order valence-corrected chi connectivity index (χ1v) is 9.59. The van der Waals surface area contributed by atoms with Crippen LogP contribution < -0.4 is 0 Å². The summed E-state index contributed by atoms with van der Waals surface area (Å²) >= 11 is 0. The molecular formula is C24H21FN2O. The molecule has 0 spiro atoms. The minimum Gasteiger partial charge on any atom is -0.311 e. The molecule has 1 amide bonds. The number of carbonyl (C=O) groups excluding carboxylic acids is 1. The first-order chi connectivity index (χ1) is 13.6. The zero-order chi connectivity index (χ0) is 19.3. The second-order valence-electron chi connectivity index (χ2n) is 7.59. The highest BCUT2D eigenvalue weighted by Crippen LogP contribution is 2.50. The van der Waals surface area contributed by atoms with Crippen LogP contribution in [0, 0.1) is 12.7 Å². The first kappa shape index (κ1) is 17.1.